The molecule has 9 nitrogen and oxygen atoms in total. The molecule has 1 aromatic heterocycles. The fourth-order valence-corrected chi connectivity index (χ4v) is 3.24. The number of nitrogens with two attached hydrogens (primary N) is 1. The third-order valence-electron chi connectivity index (χ3n) is 3.87. The molecule has 1 unspecified atom stereocenters. The van der Waals surface area contributed by atoms with Crippen LogP contribution in [0.15, 0.2) is 23.4 Å². The number of hydrogen-bond acceptors (Lipinski definition) is 7. The van der Waals surface area contributed by atoms with Crippen LogP contribution in [0.4, 0.5) is 4.79 Å². The van der Waals surface area contributed by atoms with Crippen LogP contribution < -0.4 is 21.2 Å². The molecule has 10 heteroatoms. The monoisotopic (exact) mass is 420 g/mol. The highest BCUT2D eigenvalue weighted by Crippen LogP contribution is 2.24. The first-order chi connectivity index (χ1) is 13.5. The Morgan fingerprint density at radius 3 is 2.45 bits per heavy atom. The number of imide groups is 1. The molecule has 0 saturated carbocycles. The Bertz CT molecular complexity index is 870. The predicted molar refractivity (Wildman–Crippen MR) is 112 cm³/mol. The summed E-state index contributed by atoms with van der Waals surface area (Å²) in [6, 6.07) is 5.35. The zero-order valence-corrected chi connectivity index (χ0v) is 18.4. The van der Waals surface area contributed by atoms with Gasteiger partial charge in [0.25, 0.3) is 0 Å². The van der Waals surface area contributed by atoms with Crippen LogP contribution in [0, 0.1) is 13.8 Å². The van der Waals surface area contributed by atoms with Gasteiger partial charge in [-0.1, -0.05) is 30.0 Å². The first-order valence-corrected chi connectivity index (χ1v) is 10.0. The van der Waals surface area contributed by atoms with Gasteiger partial charge in [-0.15, -0.1) is 10.2 Å². The van der Waals surface area contributed by atoms with Gasteiger partial charge in [-0.2, -0.15) is 0 Å². The number of para-hydroxylation sites is 1. The maximum absolute atomic E-state index is 12.2. The Hall–Kier alpha value is -2.75. The molecule has 1 atom stereocenters. The normalized spacial score (nSPS) is 12.3. The number of amides is 3. The topological polar surface area (TPSA) is 124 Å². The molecule has 2 aromatic rings. The van der Waals surface area contributed by atoms with Crippen LogP contribution in [0.1, 0.15) is 44.6 Å². The zero-order chi connectivity index (χ0) is 21.8. The molecule has 0 aliphatic carbocycles. The average molecular weight is 421 g/mol. The quantitative estimate of drug-likeness (QED) is 0.484. The molecule has 0 radical (unpaired) electrons. The maximum atomic E-state index is 12.2. The lowest BCUT2D eigenvalue weighted by molar-refractivity contribution is -0.119. The van der Waals surface area contributed by atoms with E-state index in [-0.39, 0.29) is 6.61 Å². The number of aryl methyl sites for hydroxylation is 2. The van der Waals surface area contributed by atoms with Crippen molar-refractivity contribution in [3.05, 3.63) is 35.2 Å². The van der Waals surface area contributed by atoms with Crippen molar-refractivity contribution in [2.45, 2.75) is 64.1 Å². The van der Waals surface area contributed by atoms with Crippen molar-refractivity contribution >= 4 is 23.7 Å². The van der Waals surface area contributed by atoms with Gasteiger partial charge < -0.3 is 15.9 Å². The molecule has 158 valence electrons. The van der Waals surface area contributed by atoms with Gasteiger partial charge in [0.2, 0.25) is 11.1 Å². The van der Waals surface area contributed by atoms with Crippen LogP contribution in [0.25, 0.3) is 0 Å². The lowest BCUT2D eigenvalue weighted by Gasteiger charge is -2.21. The van der Waals surface area contributed by atoms with E-state index in [0.29, 0.717) is 11.0 Å². The summed E-state index contributed by atoms with van der Waals surface area (Å²) in [6.45, 7) is 11.2. The van der Waals surface area contributed by atoms with E-state index in [4.69, 9.17) is 10.6 Å². The number of hydrogen-bond donors (Lipinski definition) is 3. The molecular formula is C19H28N6O3S. The molecule has 1 heterocycles. The van der Waals surface area contributed by atoms with Crippen molar-refractivity contribution in [2.24, 2.45) is 0 Å². The molecule has 0 bridgehead atoms. The summed E-state index contributed by atoms with van der Waals surface area (Å²) in [5, 5.41) is 12.8. The highest BCUT2D eigenvalue weighted by molar-refractivity contribution is 8.00. The van der Waals surface area contributed by atoms with Crippen molar-refractivity contribution in [3.63, 3.8) is 0 Å². The van der Waals surface area contributed by atoms with Crippen molar-refractivity contribution in [2.75, 3.05) is 5.84 Å². The van der Waals surface area contributed by atoms with Gasteiger partial charge in [-0.3, -0.25) is 10.1 Å². The highest BCUT2D eigenvalue weighted by atomic mass is 32.2. The number of carbonyl (C=O) groups excluding carboxylic acids is 2. The smallest absolute Gasteiger partial charge is 0.321 e. The maximum Gasteiger partial charge on any atom is 0.321 e. The summed E-state index contributed by atoms with van der Waals surface area (Å²) in [7, 11) is 0. The number of benzene rings is 1. The van der Waals surface area contributed by atoms with Gasteiger partial charge in [0.1, 0.15) is 12.4 Å². The van der Waals surface area contributed by atoms with Crippen LogP contribution in [-0.4, -0.2) is 37.6 Å². The third kappa shape index (κ3) is 6.38. The minimum Gasteiger partial charge on any atom is -0.485 e. The number of aromatic nitrogens is 3. The van der Waals surface area contributed by atoms with E-state index in [1.807, 2.05) is 52.8 Å². The van der Waals surface area contributed by atoms with Crippen molar-refractivity contribution in [1.29, 1.82) is 0 Å². The Morgan fingerprint density at radius 2 is 1.86 bits per heavy atom. The van der Waals surface area contributed by atoms with Gasteiger partial charge in [0, 0.05) is 5.54 Å². The Kier molecular flexibility index (Phi) is 7.12. The molecule has 0 fully saturated rings. The first kappa shape index (κ1) is 22.5. The number of rotatable bonds is 6. The summed E-state index contributed by atoms with van der Waals surface area (Å²) in [5.74, 6) is 6.81. The minimum atomic E-state index is -0.598. The number of carbonyl (C=O) groups is 2. The van der Waals surface area contributed by atoms with Crippen molar-refractivity contribution < 1.29 is 14.3 Å². The number of ether oxygens (including phenoxy) is 1. The molecule has 3 amide bonds. The number of thioether (sulfide) groups is 1. The summed E-state index contributed by atoms with van der Waals surface area (Å²) in [6.07, 6.45) is 0. The van der Waals surface area contributed by atoms with E-state index in [1.54, 1.807) is 6.92 Å². The first-order valence-electron chi connectivity index (χ1n) is 9.16. The molecule has 0 aliphatic heterocycles. The minimum absolute atomic E-state index is 0.143. The summed E-state index contributed by atoms with van der Waals surface area (Å²) in [4.78, 5) is 24.1. The Balaban J connectivity index is 1.96. The SMILES string of the molecule is Cc1cccc(C)c1OCc1nnc(SC(C)C(=O)NC(=O)NC(C)(C)C)n1N. The van der Waals surface area contributed by atoms with E-state index in [9.17, 15) is 9.59 Å². The fraction of sp³-hybridized carbons (Fsp3) is 0.474. The molecule has 0 aliphatic rings. The number of nitrogens with one attached hydrogen (secondary N) is 2. The van der Waals surface area contributed by atoms with E-state index in [0.717, 1.165) is 28.6 Å². The molecule has 2 rings (SSSR count). The van der Waals surface area contributed by atoms with E-state index in [2.05, 4.69) is 20.8 Å². The Morgan fingerprint density at radius 1 is 1.24 bits per heavy atom. The third-order valence-corrected chi connectivity index (χ3v) is 4.92. The van der Waals surface area contributed by atoms with Gasteiger partial charge in [0.05, 0.1) is 5.25 Å². The molecular weight excluding hydrogens is 392 g/mol. The van der Waals surface area contributed by atoms with Crippen LogP contribution >= 0.6 is 11.8 Å². The van der Waals surface area contributed by atoms with Crippen molar-refractivity contribution in [1.82, 2.24) is 25.5 Å². The van der Waals surface area contributed by atoms with Crippen LogP contribution in [-0.2, 0) is 11.4 Å². The van der Waals surface area contributed by atoms with Crippen LogP contribution in [0.2, 0.25) is 0 Å². The van der Waals surface area contributed by atoms with E-state index >= 15 is 0 Å². The van der Waals surface area contributed by atoms with E-state index < -0.39 is 22.7 Å². The highest BCUT2D eigenvalue weighted by Gasteiger charge is 2.23. The lowest BCUT2D eigenvalue weighted by atomic mass is 10.1. The van der Waals surface area contributed by atoms with Crippen molar-refractivity contribution in [3.8, 4) is 5.75 Å². The molecule has 4 N–H and O–H groups in total. The summed E-state index contributed by atoms with van der Waals surface area (Å²) in [5.41, 5.74) is 1.59. The predicted octanol–water partition coefficient (Wildman–Crippen LogP) is 2.29. The van der Waals surface area contributed by atoms with Gasteiger partial charge >= 0.3 is 6.03 Å². The standard InChI is InChI=1S/C19H28N6O3S/c1-11-8-7-9-12(2)15(11)28-10-14-23-24-18(25(14)20)29-13(3)16(26)21-17(27)22-19(4,5)6/h7-9,13H,10,20H2,1-6H3,(H2,21,22,26,27). The molecule has 1 aromatic carbocycles. The molecule has 0 spiro atoms. The zero-order valence-electron chi connectivity index (χ0n) is 17.6. The van der Waals surface area contributed by atoms with E-state index in [1.165, 1.54) is 4.68 Å². The largest absolute Gasteiger partial charge is 0.485 e. The number of urea groups is 1. The second-order valence-corrected chi connectivity index (χ2v) is 9.04. The number of nitrogen functional groups attached to an aromatic ring is 1. The Labute approximate surface area is 174 Å². The summed E-state index contributed by atoms with van der Waals surface area (Å²) >= 11 is 1.10. The molecule has 29 heavy (non-hydrogen) atoms. The van der Waals surface area contributed by atoms with Crippen LogP contribution in [0.5, 0.6) is 5.75 Å². The second-order valence-electron chi connectivity index (χ2n) is 7.73. The lowest BCUT2D eigenvalue weighted by Crippen LogP contribution is -2.49. The van der Waals surface area contributed by atoms with Gasteiger partial charge in [-0.25, -0.2) is 9.47 Å². The fourth-order valence-electron chi connectivity index (χ4n) is 2.45. The summed E-state index contributed by atoms with van der Waals surface area (Å²) < 4.78 is 7.14. The van der Waals surface area contributed by atoms with Crippen LogP contribution in [0.3, 0.4) is 0 Å². The molecule has 0 saturated heterocycles. The average Bonchev–Trinajstić information content (AvgIpc) is 2.93. The second kappa shape index (κ2) is 9.17. The van der Waals surface area contributed by atoms with Gasteiger partial charge in [0.15, 0.2) is 5.82 Å². The van der Waals surface area contributed by atoms with Gasteiger partial charge in [-0.05, 0) is 52.7 Å². The number of nitrogens with zero attached hydrogens (tertiary/aromatic N) is 3.